The third-order valence-electron chi connectivity index (χ3n) is 12.8. The number of nitrogens with zero attached hydrogens (tertiary/aromatic N) is 4. The summed E-state index contributed by atoms with van der Waals surface area (Å²) in [4.78, 5) is 15.1. The summed E-state index contributed by atoms with van der Waals surface area (Å²) in [5, 5.41) is 10.1. The van der Waals surface area contributed by atoms with Gasteiger partial charge in [0.15, 0.2) is 17.5 Å². The minimum absolute atomic E-state index is 0.495. The number of nitriles is 1. The van der Waals surface area contributed by atoms with Crippen LogP contribution in [0.5, 0.6) is 0 Å². The third-order valence-corrected chi connectivity index (χ3v) is 12.8. The van der Waals surface area contributed by atoms with Gasteiger partial charge in [-0.3, -0.25) is 0 Å². The molecule has 12 rings (SSSR count). The Labute approximate surface area is 366 Å². The second-order valence-electron chi connectivity index (χ2n) is 16.3. The molecule has 4 heteroatoms. The Bertz CT molecular complexity index is 3410. The summed E-state index contributed by atoms with van der Waals surface area (Å²) >= 11 is 0. The summed E-state index contributed by atoms with van der Waals surface area (Å²) in [5.74, 6) is 1.87. The van der Waals surface area contributed by atoms with E-state index in [9.17, 15) is 5.26 Å². The van der Waals surface area contributed by atoms with E-state index in [0.717, 1.165) is 50.1 Å². The Morgan fingerprint density at radius 3 is 1.27 bits per heavy atom. The van der Waals surface area contributed by atoms with Crippen molar-refractivity contribution in [3.63, 3.8) is 0 Å². The first-order valence-corrected chi connectivity index (χ1v) is 21.2. The van der Waals surface area contributed by atoms with Gasteiger partial charge in [0.05, 0.1) is 17.0 Å². The number of rotatable bonds is 6. The molecule has 292 valence electrons. The predicted octanol–water partition coefficient (Wildman–Crippen LogP) is 14.1. The van der Waals surface area contributed by atoms with Gasteiger partial charge in [-0.1, -0.05) is 188 Å². The summed E-state index contributed by atoms with van der Waals surface area (Å²) in [6.07, 6.45) is 0. The van der Waals surface area contributed by atoms with Crippen LogP contribution < -0.4 is 0 Å². The molecule has 0 bridgehead atoms. The van der Waals surface area contributed by atoms with Gasteiger partial charge in [-0.2, -0.15) is 5.26 Å². The van der Waals surface area contributed by atoms with Crippen molar-refractivity contribution in [2.45, 2.75) is 5.41 Å². The molecule has 1 spiro atoms. The average molecular weight is 801 g/mol. The molecule has 1 heterocycles. The van der Waals surface area contributed by atoms with Gasteiger partial charge in [-0.15, -0.1) is 0 Å². The molecular weight excluding hydrogens is 765 g/mol. The summed E-state index contributed by atoms with van der Waals surface area (Å²) in [6, 6.07) is 79.2. The van der Waals surface area contributed by atoms with Crippen LogP contribution in [0.3, 0.4) is 0 Å². The van der Waals surface area contributed by atoms with Gasteiger partial charge < -0.3 is 0 Å². The van der Waals surface area contributed by atoms with Crippen molar-refractivity contribution in [3.8, 4) is 95.9 Å². The maximum atomic E-state index is 10.1. The second-order valence-corrected chi connectivity index (χ2v) is 16.3. The molecule has 9 aromatic carbocycles. The lowest BCUT2D eigenvalue weighted by atomic mass is 9.70. The first-order valence-electron chi connectivity index (χ1n) is 21.2. The van der Waals surface area contributed by atoms with E-state index in [2.05, 4.69) is 182 Å². The van der Waals surface area contributed by atoms with E-state index in [1.54, 1.807) is 0 Å². The second kappa shape index (κ2) is 14.6. The van der Waals surface area contributed by atoms with Crippen LogP contribution in [0.1, 0.15) is 27.8 Å². The molecule has 2 aliphatic carbocycles. The van der Waals surface area contributed by atoms with Crippen LogP contribution in [0.25, 0.3) is 89.8 Å². The lowest BCUT2D eigenvalue weighted by Gasteiger charge is -2.30. The van der Waals surface area contributed by atoms with E-state index < -0.39 is 5.41 Å². The first kappa shape index (κ1) is 36.3. The summed E-state index contributed by atoms with van der Waals surface area (Å²) < 4.78 is 0. The highest BCUT2D eigenvalue weighted by Gasteiger charge is 2.51. The van der Waals surface area contributed by atoms with Crippen molar-refractivity contribution < 1.29 is 0 Å². The van der Waals surface area contributed by atoms with E-state index >= 15 is 0 Å². The third kappa shape index (κ3) is 5.86. The monoisotopic (exact) mass is 800 g/mol. The van der Waals surface area contributed by atoms with E-state index in [0.29, 0.717) is 23.0 Å². The maximum Gasteiger partial charge on any atom is 0.164 e. The van der Waals surface area contributed by atoms with Gasteiger partial charge in [0.25, 0.3) is 0 Å². The Kier molecular flexibility index (Phi) is 8.42. The zero-order valence-corrected chi connectivity index (χ0v) is 34.1. The molecule has 0 N–H and O–H groups in total. The zero-order valence-electron chi connectivity index (χ0n) is 34.1. The largest absolute Gasteiger partial charge is 0.208 e. The molecule has 0 radical (unpaired) electrons. The van der Waals surface area contributed by atoms with Crippen molar-refractivity contribution >= 4 is 0 Å². The van der Waals surface area contributed by atoms with Crippen molar-refractivity contribution in [2.75, 3.05) is 0 Å². The molecule has 0 amide bonds. The van der Waals surface area contributed by atoms with Gasteiger partial charge in [-0.05, 0) is 108 Å². The SMILES string of the molecule is N#Cc1ccc2c(c1)C1(c3ccccc3-c3ccccc31)c1ccc(-c3ccc(-c4cccc(-c5nc(-c6ccccc6)nc(-c6cccc(-c7ccccc7)c6)n5)c4)cc3)cc1-2. The smallest absolute Gasteiger partial charge is 0.164 e. The van der Waals surface area contributed by atoms with Gasteiger partial charge in [0, 0.05) is 16.7 Å². The Morgan fingerprint density at radius 2 is 0.698 bits per heavy atom. The van der Waals surface area contributed by atoms with Gasteiger partial charge >= 0.3 is 0 Å². The minimum atomic E-state index is -0.495. The minimum Gasteiger partial charge on any atom is -0.208 e. The van der Waals surface area contributed by atoms with E-state index in [-0.39, 0.29) is 0 Å². The lowest BCUT2D eigenvalue weighted by molar-refractivity contribution is 0.793. The van der Waals surface area contributed by atoms with Crippen molar-refractivity contribution in [1.29, 1.82) is 5.26 Å². The van der Waals surface area contributed by atoms with Crippen LogP contribution >= 0.6 is 0 Å². The topological polar surface area (TPSA) is 62.5 Å². The zero-order chi connectivity index (χ0) is 41.9. The Hall–Kier alpha value is -8.52. The van der Waals surface area contributed by atoms with Crippen LogP contribution in [0.15, 0.2) is 218 Å². The predicted molar refractivity (Wildman–Crippen MR) is 253 cm³/mol. The number of hydrogen-bond donors (Lipinski definition) is 0. The lowest BCUT2D eigenvalue weighted by Crippen LogP contribution is -2.25. The maximum absolute atomic E-state index is 10.1. The van der Waals surface area contributed by atoms with Gasteiger partial charge in [-0.25, -0.2) is 15.0 Å². The Balaban J connectivity index is 0.913. The number of hydrogen-bond acceptors (Lipinski definition) is 4. The highest BCUT2D eigenvalue weighted by Crippen LogP contribution is 2.63. The molecule has 10 aromatic rings. The van der Waals surface area contributed by atoms with Crippen LogP contribution in [-0.4, -0.2) is 15.0 Å². The summed E-state index contributed by atoms with van der Waals surface area (Å²) in [6.45, 7) is 0. The van der Waals surface area contributed by atoms with Crippen molar-refractivity contribution in [1.82, 2.24) is 15.0 Å². The quantitative estimate of drug-likeness (QED) is 0.168. The van der Waals surface area contributed by atoms with Crippen molar-refractivity contribution in [3.05, 3.63) is 246 Å². The molecule has 0 saturated heterocycles. The van der Waals surface area contributed by atoms with E-state index in [4.69, 9.17) is 15.0 Å². The normalized spacial score (nSPS) is 12.6. The fraction of sp³-hybridized carbons (Fsp3) is 0.0169. The van der Waals surface area contributed by atoms with E-state index in [1.165, 1.54) is 44.5 Å². The van der Waals surface area contributed by atoms with Gasteiger partial charge in [0.2, 0.25) is 0 Å². The molecule has 1 aromatic heterocycles. The molecule has 0 saturated carbocycles. The van der Waals surface area contributed by atoms with Crippen LogP contribution in [-0.2, 0) is 5.41 Å². The molecular formula is C59H36N4. The number of fused-ring (bicyclic) bond motifs is 10. The fourth-order valence-electron chi connectivity index (χ4n) is 9.90. The molecule has 4 nitrogen and oxygen atoms in total. The fourth-order valence-corrected chi connectivity index (χ4v) is 9.90. The molecule has 0 fully saturated rings. The van der Waals surface area contributed by atoms with E-state index in [1.807, 2.05) is 42.5 Å². The first-order chi connectivity index (χ1) is 31.2. The number of benzene rings is 9. The number of aromatic nitrogens is 3. The molecule has 0 aliphatic heterocycles. The van der Waals surface area contributed by atoms with Crippen LogP contribution in [0, 0.1) is 11.3 Å². The highest BCUT2D eigenvalue weighted by molar-refractivity contribution is 5.96. The summed E-state index contributed by atoms with van der Waals surface area (Å²) in [5.41, 5.74) is 19.5. The molecule has 0 unspecified atom stereocenters. The van der Waals surface area contributed by atoms with Gasteiger partial charge in [0.1, 0.15) is 0 Å². The molecule has 2 aliphatic rings. The summed E-state index contributed by atoms with van der Waals surface area (Å²) in [7, 11) is 0. The van der Waals surface area contributed by atoms with Crippen molar-refractivity contribution in [2.24, 2.45) is 0 Å². The average Bonchev–Trinajstić information content (AvgIpc) is 3.83. The van der Waals surface area contributed by atoms with Crippen LogP contribution in [0.4, 0.5) is 0 Å². The Morgan fingerprint density at radius 1 is 0.286 bits per heavy atom. The van der Waals surface area contributed by atoms with Crippen LogP contribution in [0.2, 0.25) is 0 Å². The highest BCUT2D eigenvalue weighted by atomic mass is 15.0. The standard InChI is InChI=1S/C59H36N4/c60-37-38-25-31-50-51-36-45(30-32-54(51)59(55(50)33-38)52-23-9-7-21-48(52)49-22-8-10-24-53(49)59)41-28-26-40(27-29-41)44-18-12-20-47(35-44)58-62-56(42-15-5-2-6-16-42)61-57(63-58)46-19-11-17-43(34-46)39-13-3-1-4-14-39/h1-36H. The molecule has 0 atom stereocenters. The molecule has 63 heavy (non-hydrogen) atoms.